The molecule has 1 rings (SSSR count). The van der Waals surface area contributed by atoms with E-state index in [4.69, 9.17) is 0 Å². The van der Waals surface area contributed by atoms with E-state index < -0.39 is 0 Å². The molecule has 1 heterocycles. The first-order valence-electron chi connectivity index (χ1n) is 4.65. The minimum absolute atomic E-state index is 0.0871. The second-order valence-electron chi connectivity index (χ2n) is 4.31. The van der Waals surface area contributed by atoms with E-state index in [1.807, 2.05) is 27.8 Å². The van der Waals surface area contributed by atoms with Crippen LogP contribution >= 0.6 is 0 Å². The van der Waals surface area contributed by atoms with Gasteiger partial charge in [-0.1, -0.05) is 20.8 Å². The van der Waals surface area contributed by atoms with Gasteiger partial charge in [0.15, 0.2) is 5.75 Å². The molecular weight excluding hydrogens is 178 g/mol. The Balaban J connectivity index is 3.06. The fourth-order valence-electron chi connectivity index (χ4n) is 1.07. The molecule has 4 nitrogen and oxygen atoms in total. The van der Waals surface area contributed by atoms with Crippen LogP contribution in [0.3, 0.4) is 0 Å². The first kappa shape index (κ1) is 10.9. The molecule has 0 radical (unpaired) electrons. The van der Waals surface area contributed by atoms with E-state index in [0.29, 0.717) is 12.2 Å². The monoisotopic (exact) mass is 195 g/mol. The second kappa shape index (κ2) is 3.92. The van der Waals surface area contributed by atoms with Crippen molar-refractivity contribution in [1.29, 1.82) is 0 Å². The van der Waals surface area contributed by atoms with Crippen LogP contribution in [0.1, 0.15) is 32.3 Å². The molecule has 0 saturated heterocycles. The van der Waals surface area contributed by atoms with E-state index in [1.54, 1.807) is 0 Å². The lowest BCUT2D eigenvalue weighted by Gasteiger charge is -2.17. The molecular formula is C10H17N3O. The maximum absolute atomic E-state index is 9.47. The van der Waals surface area contributed by atoms with Crippen molar-refractivity contribution in [1.82, 2.24) is 15.3 Å². The third kappa shape index (κ3) is 2.42. The quantitative estimate of drug-likeness (QED) is 0.744. The molecule has 4 heteroatoms. The highest BCUT2D eigenvalue weighted by Crippen LogP contribution is 2.21. The van der Waals surface area contributed by atoms with Crippen molar-refractivity contribution in [2.45, 2.75) is 32.7 Å². The third-order valence-electron chi connectivity index (χ3n) is 1.86. The van der Waals surface area contributed by atoms with Gasteiger partial charge in [0.25, 0.3) is 0 Å². The van der Waals surface area contributed by atoms with Crippen molar-refractivity contribution in [2.24, 2.45) is 0 Å². The lowest BCUT2D eigenvalue weighted by molar-refractivity contribution is 0.449. The molecule has 0 aliphatic heterocycles. The zero-order chi connectivity index (χ0) is 10.8. The number of aromatic hydroxyl groups is 1. The number of aromatic nitrogens is 2. The Kier molecular flexibility index (Phi) is 3.06. The van der Waals surface area contributed by atoms with Crippen LogP contribution in [0.25, 0.3) is 0 Å². The van der Waals surface area contributed by atoms with Gasteiger partial charge in [0.05, 0.1) is 11.9 Å². The first-order chi connectivity index (χ1) is 6.45. The summed E-state index contributed by atoms with van der Waals surface area (Å²) in [6.45, 7) is 6.69. The van der Waals surface area contributed by atoms with E-state index in [0.717, 1.165) is 5.82 Å². The van der Waals surface area contributed by atoms with Crippen LogP contribution in [-0.4, -0.2) is 22.1 Å². The summed E-state index contributed by atoms with van der Waals surface area (Å²) in [5, 5.41) is 12.4. The SMILES string of the molecule is CNCc1nc(C(C)(C)C)ncc1O. The molecule has 1 aromatic heterocycles. The average molecular weight is 195 g/mol. The molecule has 0 aliphatic carbocycles. The summed E-state index contributed by atoms with van der Waals surface area (Å²) in [4.78, 5) is 8.41. The van der Waals surface area contributed by atoms with Crippen LogP contribution < -0.4 is 5.32 Å². The van der Waals surface area contributed by atoms with Gasteiger partial charge in [-0.15, -0.1) is 0 Å². The van der Waals surface area contributed by atoms with Gasteiger partial charge >= 0.3 is 0 Å². The predicted octanol–water partition coefficient (Wildman–Crippen LogP) is 1.20. The van der Waals surface area contributed by atoms with Crippen molar-refractivity contribution < 1.29 is 5.11 Å². The van der Waals surface area contributed by atoms with Gasteiger partial charge in [-0.05, 0) is 7.05 Å². The number of hydrogen-bond acceptors (Lipinski definition) is 4. The van der Waals surface area contributed by atoms with Crippen molar-refractivity contribution in [3.63, 3.8) is 0 Å². The summed E-state index contributed by atoms with van der Waals surface area (Å²) in [7, 11) is 1.82. The Labute approximate surface area is 84.4 Å². The molecule has 2 N–H and O–H groups in total. The molecule has 1 aromatic rings. The van der Waals surface area contributed by atoms with E-state index in [-0.39, 0.29) is 11.2 Å². The number of rotatable bonds is 2. The molecule has 0 spiro atoms. The van der Waals surface area contributed by atoms with Gasteiger partial charge in [0.1, 0.15) is 5.82 Å². The highest BCUT2D eigenvalue weighted by Gasteiger charge is 2.18. The van der Waals surface area contributed by atoms with Crippen LogP contribution in [0.4, 0.5) is 0 Å². The highest BCUT2D eigenvalue weighted by molar-refractivity contribution is 5.24. The van der Waals surface area contributed by atoms with Gasteiger partial charge in [-0.3, -0.25) is 0 Å². The van der Waals surface area contributed by atoms with Crippen molar-refractivity contribution in [2.75, 3.05) is 7.05 Å². The zero-order valence-electron chi connectivity index (χ0n) is 9.13. The molecule has 0 aromatic carbocycles. The Morgan fingerprint density at radius 2 is 2.07 bits per heavy atom. The van der Waals surface area contributed by atoms with Crippen molar-refractivity contribution in [3.8, 4) is 5.75 Å². The smallest absolute Gasteiger partial charge is 0.156 e. The van der Waals surface area contributed by atoms with Crippen molar-refractivity contribution in [3.05, 3.63) is 17.7 Å². The Morgan fingerprint density at radius 1 is 1.43 bits per heavy atom. The molecule has 0 bridgehead atoms. The first-order valence-corrected chi connectivity index (χ1v) is 4.65. The maximum Gasteiger partial charge on any atom is 0.156 e. The molecule has 0 unspecified atom stereocenters. The second-order valence-corrected chi connectivity index (χ2v) is 4.31. The summed E-state index contributed by atoms with van der Waals surface area (Å²) in [5.74, 6) is 0.896. The Morgan fingerprint density at radius 3 is 2.57 bits per heavy atom. The number of hydrogen-bond donors (Lipinski definition) is 2. The molecule has 0 amide bonds. The van der Waals surface area contributed by atoms with Crippen LogP contribution in [0, 0.1) is 0 Å². The van der Waals surface area contributed by atoms with E-state index in [2.05, 4.69) is 15.3 Å². The van der Waals surface area contributed by atoms with Gasteiger partial charge < -0.3 is 10.4 Å². The standard InChI is InChI=1S/C10H17N3O/c1-10(2,3)9-12-6-8(14)7(13-9)5-11-4/h6,11,14H,5H2,1-4H3. The lowest BCUT2D eigenvalue weighted by Crippen LogP contribution is -2.18. The fraction of sp³-hybridized carbons (Fsp3) is 0.600. The lowest BCUT2D eigenvalue weighted by atomic mass is 9.95. The van der Waals surface area contributed by atoms with E-state index in [9.17, 15) is 5.11 Å². The fourth-order valence-corrected chi connectivity index (χ4v) is 1.07. The van der Waals surface area contributed by atoms with Gasteiger partial charge in [0, 0.05) is 12.0 Å². The molecule has 14 heavy (non-hydrogen) atoms. The van der Waals surface area contributed by atoms with Crippen LogP contribution in [0.2, 0.25) is 0 Å². The third-order valence-corrected chi connectivity index (χ3v) is 1.86. The average Bonchev–Trinajstić information content (AvgIpc) is 2.07. The normalized spacial score (nSPS) is 11.7. The molecule has 0 saturated carbocycles. The van der Waals surface area contributed by atoms with Crippen LogP contribution in [0.15, 0.2) is 6.20 Å². The molecule has 0 atom stereocenters. The Bertz CT molecular complexity index is 318. The summed E-state index contributed by atoms with van der Waals surface area (Å²) >= 11 is 0. The molecule has 78 valence electrons. The summed E-state index contributed by atoms with van der Waals surface area (Å²) < 4.78 is 0. The van der Waals surface area contributed by atoms with Gasteiger partial charge in [-0.25, -0.2) is 9.97 Å². The number of nitrogens with one attached hydrogen (secondary N) is 1. The van der Waals surface area contributed by atoms with Gasteiger partial charge in [-0.2, -0.15) is 0 Å². The van der Waals surface area contributed by atoms with Crippen LogP contribution in [-0.2, 0) is 12.0 Å². The predicted molar refractivity (Wildman–Crippen MR) is 55.2 cm³/mol. The van der Waals surface area contributed by atoms with E-state index in [1.165, 1.54) is 6.20 Å². The topological polar surface area (TPSA) is 58.0 Å². The summed E-state index contributed by atoms with van der Waals surface area (Å²) in [6.07, 6.45) is 1.46. The van der Waals surface area contributed by atoms with Crippen LogP contribution in [0.5, 0.6) is 5.75 Å². The largest absolute Gasteiger partial charge is 0.504 e. The van der Waals surface area contributed by atoms with Crippen molar-refractivity contribution >= 4 is 0 Å². The molecule has 0 aliphatic rings. The minimum Gasteiger partial charge on any atom is -0.504 e. The Hall–Kier alpha value is -1.16. The van der Waals surface area contributed by atoms with E-state index >= 15 is 0 Å². The zero-order valence-corrected chi connectivity index (χ0v) is 9.13. The summed E-state index contributed by atoms with van der Waals surface area (Å²) in [6, 6.07) is 0. The van der Waals surface area contributed by atoms with Gasteiger partial charge in [0.2, 0.25) is 0 Å². The highest BCUT2D eigenvalue weighted by atomic mass is 16.3. The minimum atomic E-state index is -0.0871. The summed E-state index contributed by atoms with van der Waals surface area (Å²) in [5.41, 5.74) is 0.559. The molecule has 0 fully saturated rings. The maximum atomic E-state index is 9.47. The number of nitrogens with zero attached hydrogens (tertiary/aromatic N) is 2.